The van der Waals surface area contributed by atoms with Crippen LogP contribution in [0.2, 0.25) is 0 Å². The molecule has 30 heavy (non-hydrogen) atoms. The van der Waals surface area contributed by atoms with Gasteiger partial charge < -0.3 is 9.47 Å². The third kappa shape index (κ3) is 4.11. The lowest BCUT2D eigenvalue weighted by Crippen LogP contribution is -2.22. The van der Waals surface area contributed by atoms with Crippen molar-refractivity contribution in [3.8, 4) is 11.4 Å². The minimum atomic E-state index is -0.319. The van der Waals surface area contributed by atoms with Crippen molar-refractivity contribution in [2.45, 2.75) is 44.7 Å². The van der Waals surface area contributed by atoms with Crippen LogP contribution < -0.4 is 10.3 Å². The largest absolute Gasteiger partial charge is 0.494 e. The van der Waals surface area contributed by atoms with Gasteiger partial charge in [0.15, 0.2) is 5.16 Å². The van der Waals surface area contributed by atoms with Gasteiger partial charge in [-0.25, -0.2) is 4.98 Å². The zero-order chi connectivity index (χ0) is 21.1. The van der Waals surface area contributed by atoms with Gasteiger partial charge in [0.25, 0.3) is 5.56 Å². The maximum absolute atomic E-state index is 13.6. The van der Waals surface area contributed by atoms with Crippen LogP contribution in [0.1, 0.15) is 37.1 Å². The number of ether oxygens (including phenoxy) is 2. The number of carbonyl (C=O) groups excluding carboxylic acids is 1. The molecule has 0 spiro atoms. The fourth-order valence-electron chi connectivity index (χ4n) is 3.70. The van der Waals surface area contributed by atoms with E-state index in [0.717, 1.165) is 47.2 Å². The number of hydrogen-bond donors (Lipinski definition) is 0. The van der Waals surface area contributed by atoms with Crippen LogP contribution >= 0.6 is 23.1 Å². The second-order valence-electron chi connectivity index (χ2n) is 6.95. The molecule has 0 unspecified atom stereocenters. The second kappa shape index (κ2) is 9.22. The maximum atomic E-state index is 13.6. The summed E-state index contributed by atoms with van der Waals surface area (Å²) in [4.78, 5) is 32.4. The summed E-state index contributed by atoms with van der Waals surface area (Å²) in [5.74, 6) is 0.533. The average Bonchev–Trinajstić information content (AvgIpc) is 3.12. The lowest BCUT2D eigenvalue weighted by molar-refractivity contribution is -0.139. The van der Waals surface area contributed by atoms with Crippen molar-refractivity contribution in [3.05, 3.63) is 45.1 Å². The molecule has 1 aliphatic carbocycles. The normalized spacial score (nSPS) is 13.3. The first-order valence-corrected chi connectivity index (χ1v) is 12.0. The average molecular weight is 445 g/mol. The molecule has 8 heteroatoms. The molecule has 4 rings (SSSR count). The highest BCUT2D eigenvalue weighted by Crippen LogP contribution is 2.35. The van der Waals surface area contributed by atoms with E-state index in [4.69, 9.17) is 14.5 Å². The predicted octanol–water partition coefficient (Wildman–Crippen LogP) is 4.38. The molecule has 0 saturated heterocycles. The van der Waals surface area contributed by atoms with Crippen LogP contribution in [0.5, 0.6) is 5.75 Å². The summed E-state index contributed by atoms with van der Waals surface area (Å²) in [7, 11) is 0. The number of nitrogens with zero attached hydrogens (tertiary/aromatic N) is 2. The Kier molecular flexibility index (Phi) is 6.43. The van der Waals surface area contributed by atoms with Gasteiger partial charge in [0.2, 0.25) is 0 Å². The highest BCUT2D eigenvalue weighted by atomic mass is 32.2. The van der Waals surface area contributed by atoms with E-state index in [1.165, 1.54) is 16.6 Å². The van der Waals surface area contributed by atoms with E-state index in [2.05, 4.69) is 0 Å². The Morgan fingerprint density at radius 1 is 1.17 bits per heavy atom. The Morgan fingerprint density at radius 2 is 1.93 bits per heavy atom. The monoisotopic (exact) mass is 444 g/mol. The van der Waals surface area contributed by atoms with Crippen molar-refractivity contribution in [3.63, 3.8) is 0 Å². The molecule has 6 nitrogen and oxygen atoms in total. The fourth-order valence-corrected chi connectivity index (χ4v) is 5.81. The first-order valence-electron chi connectivity index (χ1n) is 10.2. The third-order valence-corrected chi connectivity index (χ3v) is 7.09. The summed E-state index contributed by atoms with van der Waals surface area (Å²) in [6, 6.07) is 7.40. The molecule has 0 saturated carbocycles. The number of hydrogen-bond acceptors (Lipinski definition) is 7. The van der Waals surface area contributed by atoms with Gasteiger partial charge in [-0.05, 0) is 69.4 Å². The molecule has 0 bridgehead atoms. The third-order valence-electron chi connectivity index (χ3n) is 4.99. The van der Waals surface area contributed by atoms with E-state index >= 15 is 0 Å². The molecule has 0 amide bonds. The number of fused-ring (bicyclic) bond motifs is 3. The predicted molar refractivity (Wildman–Crippen MR) is 120 cm³/mol. The molecular formula is C22H24N2O4S2. The van der Waals surface area contributed by atoms with Gasteiger partial charge >= 0.3 is 5.97 Å². The Balaban J connectivity index is 1.83. The Bertz CT molecular complexity index is 1120. The Morgan fingerprint density at radius 3 is 2.67 bits per heavy atom. The molecule has 0 atom stereocenters. The first-order chi connectivity index (χ1) is 14.6. The number of thiophene rings is 1. The van der Waals surface area contributed by atoms with Crippen LogP contribution in [0.25, 0.3) is 15.9 Å². The number of aryl methyl sites for hydroxylation is 2. The van der Waals surface area contributed by atoms with Crippen molar-refractivity contribution in [2.75, 3.05) is 19.0 Å². The molecule has 1 aliphatic rings. The van der Waals surface area contributed by atoms with Crippen LogP contribution in [0.15, 0.2) is 34.2 Å². The molecular weight excluding hydrogens is 420 g/mol. The highest BCUT2D eigenvalue weighted by Gasteiger charge is 2.23. The van der Waals surface area contributed by atoms with E-state index in [9.17, 15) is 9.59 Å². The molecule has 2 aromatic heterocycles. The van der Waals surface area contributed by atoms with Crippen LogP contribution in [0.4, 0.5) is 0 Å². The molecule has 0 aliphatic heterocycles. The molecule has 3 aromatic rings. The molecule has 0 fully saturated rings. The minimum absolute atomic E-state index is 0.0741. The summed E-state index contributed by atoms with van der Waals surface area (Å²) < 4.78 is 12.2. The number of benzene rings is 1. The SMILES string of the molecule is CCOC(=O)CSc1nc2sc3c(c2c(=O)n1-c1ccc(OCC)cc1)CCCC3. The lowest BCUT2D eigenvalue weighted by atomic mass is 9.97. The smallest absolute Gasteiger partial charge is 0.316 e. The van der Waals surface area contributed by atoms with Gasteiger partial charge in [0, 0.05) is 4.88 Å². The quantitative estimate of drug-likeness (QED) is 0.306. The maximum Gasteiger partial charge on any atom is 0.316 e. The molecule has 158 valence electrons. The molecule has 0 radical (unpaired) electrons. The standard InChI is InChI=1S/C22H24N2O4S2/c1-3-27-15-11-9-14(10-12-15)24-21(26)19-16-7-5-6-8-17(16)30-20(19)23-22(24)29-13-18(25)28-4-2/h9-12H,3-8,13H2,1-2H3. The zero-order valence-electron chi connectivity index (χ0n) is 17.1. The zero-order valence-corrected chi connectivity index (χ0v) is 18.7. The molecule has 2 heterocycles. The van der Waals surface area contributed by atoms with Gasteiger partial charge in [0.1, 0.15) is 10.6 Å². The first kappa shape index (κ1) is 20.9. The van der Waals surface area contributed by atoms with Gasteiger partial charge in [0.05, 0.1) is 30.0 Å². The summed E-state index contributed by atoms with van der Waals surface area (Å²) in [5.41, 5.74) is 1.79. The van der Waals surface area contributed by atoms with Crippen molar-refractivity contribution in [1.82, 2.24) is 9.55 Å². The van der Waals surface area contributed by atoms with Crippen LogP contribution in [0.3, 0.4) is 0 Å². The summed E-state index contributed by atoms with van der Waals surface area (Å²) in [6.45, 7) is 4.61. The number of rotatable bonds is 7. The van der Waals surface area contributed by atoms with Crippen molar-refractivity contribution in [1.29, 1.82) is 0 Å². The minimum Gasteiger partial charge on any atom is -0.494 e. The van der Waals surface area contributed by atoms with Gasteiger partial charge in [-0.15, -0.1) is 11.3 Å². The second-order valence-corrected chi connectivity index (χ2v) is 8.97. The number of aromatic nitrogens is 2. The van der Waals surface area contributed by atoms with Crippen molar-refractivity contribution >= 4 is 39.3 Å². The van der Waals surface area contributed by atoms with Crippen LogP contribution in [-0.4, -0.2) is 34.5 Å². The topological polar surface area (TPSA) is 70.4 Å². The van der Waals surface area contributed by atoms with E-state index in [1.807, 2.05) is 31.2 Å². The lowest BCUT2D eigenvalue weighted by Gasteiger charge is -2.14. The van der Waals surface area contributed by atoms with E-state index in [1.54, 1.807) is 22.8 Å². The molecule has 1 aromatic carbocycles. The summed E-state index contributed by atoms with van der Waals surface area (Å²) in [6.07, 6.45) is 4.17. The van der Waals surface area contributed by atoms with Crippen LogP contribution in [0, 0.1) is 0 Å². The number of esters is 1. The number of thioether (sulfide) groups is 1. The van der Waals surface area contributed by atoms with Gasteiger partial charge in [-0.1, -0.05) is 11.8 Å². The van der Waals surface area contributed by atoms with E-state index < -0.39 is 0 Å². The molecule has 0 N–H and O–H groups in total. The van der Waals surface area contributed by atoms with Gasteiger partial charge in [-0.2, -0.15) is 0 Å². The van der Waals surface area contributed by atoms with E-state index in [0.29, 0.717) is 24.1 Å². The van der Waals surface area contributed by atoms with Crippen molar-refractivity contribution in [2.24, 2.45) is 0 Å². The fraction of sp³-hybridized carbons (Fsp3) is 0.409. The Labute approximate surface area is 183 Å². The van der Waals surface area contributed by atoms with Crippen molar-refractivity contribution < 1.29 is 14.3 Å². The van der Waals surface area contributed by atoms with Gasteiger partial charge in [-0.3, -0.25) is 14.2 Å². The van der Waals surface area contributed by atoms with E-state index in [-0.39, 0.29) is 17.3 Å². The summed E-state index contributed by atoms with van der Waals surface area (Å²) >= 11 is 2.84. The Hall–Kier alpha value is -2.32. The van der Waals surface area contributed by atoms with Crippen LogP contribution in [-0.2, 0) is 22.4 Å². The highest BCUT2D eigenvalue weighted by molar-refractivity contribution is 7.99. The summed E-state index contributed by atoms with van der Waals surface area (Å²) in [5, 5.41) is 1.23. The number of carbonyl (C=O) groups is 1.